The van der Waals surface area contributed by atoms with E-state index in [0.717, 1.165) is 12.2 Å². The number of ether oxygens (including phenoxy) is 1. The maximum atomic E-state index is 5.50. The molecule has 0 aliphatic rings. The van der Waals surface area contributed by atoms with E-state index in [9.17, 15) is 0 Å². The number of hydrogen-bond donors (Lipinski definition) is 0. The number of aryl methyl sites for hydroxylation is 1. The van der Waals surface area contributed by atoms with E-state index in [2.05, 4.69) is 43.1 Å². The van der Waals surface area contributed by atoms with Crippen LogP contribution < -0.4 is 4.74 Å². The average Bonchev–Trinajstić information content (AvgIpc) is 2.56. The summed E-state index contributed by atoms with van der Waals surface area (Å²) in [5.74, 6) is 1.29. The maximum Gasteiger partial charge on any atom is 0.119 e. The topological polar surface area (TPSA) is 22.1 Å². The van der Waals surface area contributed by atoms with Crippen LogP contribution in [-0.2, 0) is 6.42 Å². The van der Waals surface area contributed by atoms with Crippen molar-refractivity contribution in [2.45, 2.75) is 52.4 Å². The Bertz CT molecular complexity index is 545. The zero-order chi connectivity index (χ0) is 15.8. The van der Waals surface area contributed by atoms with Crippen molar-refractivity contribution in [3.63, 3.8) is 0 Å². The number of aromatic nitrogens is 1. The average molecular weight is 297 g/mol. The van der Waals surface area contributed by atoms with Crippen LogP contribution >= 0.6 is 0 Å². The number of nitrogens with zero attached hydrogens (tertiary/aromatic N) is 1. The highest BCUT2D eigenvalue weighted by Crippen LogP contribution is 2.25. The molecular formula is C20H27NO. The molecule has 0 aliphatic carbocycles. The highest BCUT2D eigenvalue weighted by molar-refractivity contribution is 5.34. The zero-order valence-electron chi connectivity index (χ0n) is 14.0. The number of rotatable bonds is 8. The van der Waals surface area contributed by atoms with E-state index in [1.165, 1.54) is 36.1 Å². The summed E-state index contributed by atoms with van der Waals surface area (Å²) >= 11 is 0. The van der Waals surface area contributed by atoms with Crippen LogP contribution in [0.3, 0.4) is 0 Å². The molecule has 1 aromatic carbocycles. The Morgan fingerprint density at radius 3 is 2.27 bits per heavy atom. The van der Waals surface area contributed by atoms with Crippen LogP contribution in [0.25, 0.3) is 0 Å². The van der Waals surface area contributed by atoms with Crippen molar-refractivity contribution in [3.05, 3.63) is 59.4 Å². The van der Waals surface area contributed by atoms with Crippen LogP contribution in [-0.4, -0.2) is 11.6 Å². The molecule has 0 fully saturated rings. The Kier molecular flexibility index (Phi) is 6.45. The molecule has 2 aromatic rings. The Labute approximate surface area is 134 Å². The van der Waals surface area contributed by atoms with Gasteiger partial charge in [-0.3, -0.25) is 4.98 Å². The van der Waals surface area contributed by atoms with Crippen molar-refractivity contribution in [1.29, 1.82) is 0 Å². The Morgan fingerprint density at radius 2 is 1.68 bits per heavy atom. The van der Waals surface area contributed by atoms with Crippen molar-refractivity contribution < 1.29 is 4.74 Å². The normalized spacial score (nSPS) is 12.1. The van der Waals surface area contributed by atoms with Gasteiger partial charge < -0.3 is 4.74 Å². The molecule has 0 amide bonds. The van der Waals surface area contributed by atoms with Crippen LogP contribution in [0.2, 0.25) is 0 Å². The molecule has 118 valence electrons. The quantitative estimate of drug-likeness (QED) is 0.611. The summed E-state index contributed by atoms with van der Waals surface area (Å²) < 4.78 is 5.50. The zero-order valence-corrected chi connectivity index (χ0v) is 14.0. The van der Waals surface area contributed by atoms with Gasteiger partial charge in [0.25, 0.3) is 0 Å². The fourth-order valence-electron chi connectivity index (χ4n) is 2.61. The van der Waals surface area contributed by atoms with E-state index >= 15 is 0 Å². The molecule has 0 saturated heterocycles. The third-order valence-corrected chi connectivity index (χ3v) is 4.08. The Balaban J connectivity index is 2.00. The number of hydrogen-bond acceptors (Lipinski definition) is 2. The molecule has 0 spiro atoms. The molecule has 0 N–H and O–H groups in total. The lowest BCUT2D eigenvalue weighted by atomic mass is 9.94. The molecule has 22 heavy (non-hydrogen) atoms. The fraction of sp³-hybridized carbons (Fsp3) is 0.450. The highest BCUT2D eigenvalue weighted by atomic mass is 16.5. The molecule has 0 aliphatic heterocycles. The molecule has 1 atom stereocenters. The first kappa shape index (κ1) is 16.5. The molecule has 1 heterocycles. The third-order valence-electron chi connectivity index (χ3n) is 4.08. The van der Waals surface area contributed by atoms with Gasteiger partial charge in [0.1, 0.15) is 5.75 Å². The lowest BCUT2D eigenvalue weighted by Crippen LogP contribution is -1.99. The molecule has 0 saturated carbocycles. The lowest BCUT2D eigenvalue weighted by Gasteiger charge is -2.13. The van der Waals surface area contributed by atoms with Crippen molar-refractivity contribution in [3.8, 4) is 5.75 Å². The smallest absolute Gasteiger partial charge is 0.119 e. The van der Waals surface area contributed by atoms with Crippen LogP contribution in [0.4, 0.5) is 0 Å². The van der Waals surface area contributed by atoms with E-state index in [-0.39, 0.29) is 0 Å². The van der Waals surface area contributed by atoms with Crippen molar-refractivity contribution in [1.82, 2.24) is 4.98 Å². The second-order valence-corrected chi connectivity index (χ2v) is 5.76. The van der Waals surface area contributed by atoms with Crippen LogP contribution in [0.15, 0.2) is 42.6 Å². The summed E-state index contributed by atoms with van der Waals surface area (Å²) in [4.78, 5) is 4.62. The van der Waals surface area contributed by atoms with E-state index in [1.807, 2.05) is 25.3 Å². The van der Waals surface area contributed by atoms with Gasteiger partial charge >= 0.3 is 0 Å². The molecule has 2 heteroatoms. The summed E-state index contributed by atoms with van der Waals surface area (Å²) in [7, 11) is 0. The molecule has 0 radical (unpaired) electrons. The van der Waals surface area contributed by atoms with E-state index in [1.54, 1.807) is 0 Å². The van der Waals surface area contributed by atoms with Gasteiger partial charge in [0, 0.05) is 17.8 Å². The van der Waals surface area contributed by atoms with Gasteiger partial charge in [-0.15, -0.1) is 0 Å². The van der Waals surface area contributed by atoms with Gasteiger partial charge in [-0.2, -0.15) is 0 Å². The minimum absolute atomic E-state index is 0.355. The molecule has 2 rings (SSSR count). The van der Waals surface area contributed by atoms with Crippen molar-refractivity contribution in [2.75, 3.05) is 6.61 Å². The van der Waals surface area contributed by atoms with Gasteiger partial charge in [0.2, 0.25) is 0 Å². The highest BCUT2D eigenvalue weighted by Gasteiger charge is 2.09. The molecular weight excluding hydrogens is 270 g/mol. The van der Waals surface area contributed by atoms with Gasteiger partial charge in [0.15, 0.2) is 0 Å². The summed E-state index contributed by atoms with van der Waals surface area (Å²) in [5.41, 5.74) is 3.77. The van der Waals surface area contributed by atoms with Crippen molar-refractivity contribution in [2.24, 2.45) is 0 Å². The van der Waals surface area contributed by atoms with Gasteiger partial charge in [-0.05, 0) is 49.1 Å². The second-order valence-electron chi connectivity index (χ2n) is 5.76. The second kappa shape index (κ2) is 8.57. The number of unbranched alkanes of at least 4 members (excludes halogenated alkanes) is 2. The molecule has 1 aromatic heterocycles. The number of pyridine rings is 1. The van der Waals surface area contributed by atoms with E-state index in [0.29, 0.717) is 12.5 Å². The minimum Gasteiger partial charge on any atom is -0.494 e. The summed E-state index contributed by atoms with van der Waals surface area (Å²) in [6.07, 6.45) is 6.89. The van der Waals surface area contributed by atoms with Gasteiger partial charge in [0.05, 0.1) is 6.61 Å². The monoisotopic (exact) mass is 297 g/mol. The van der Waals surface area contributed by atoms with Gasteiger partial charge in [-0.1, -0.05) is 44.9 Å². The van der Waals surface area contributed by atoms with Crippen LogP contribution in [0.1, 0.15) is 62.8 Å². The largest absolute Gasteiger partial charge is 0.494 e. The molecule has 0 bridgehead atoms. The third kappa shape index (κ3) is 4.59. The molecule has 2 nitrogen and oxygen atoms in total. The van der Waals surface area contributed by atoms with E-state index in [4.69, 9.17) is 4.74 Å². The SMILES string of the molecule is CCCCCc1ccc(C(C)c2ccc(OCC)cc2)cn1. The summed E-state index contributed by atoms with van der Waals surface area (Å²) in [5, 5.41) is 0. The minimum atomic E-state index is 0.355. The first-order valence-electron chi connectivity index (χ1n) is 8.42. The predicted octanol–water partition coefficient (Wildman–Crippen LogP) is 5.36. The Hall–Kier alpha value is -1.83. The summed E-state index contributed by atoms with van der Waals surface area (Å²) in [6, 6.07) is 12.8. The van der Waals surface area contributed by atoms with Crippen molar-refractivity contribution >= 4 is 0 Å². The first-order chi connectivity index (χ1) is 10.7. The summed E-state index contributed by atoms with van der Waals surface area (Å²) in [6.45, 7) is 7.17. The number of benzene rings is 1. The Morgan fingerprint density at radius 1 is 0.955 bits per heavy atom. The van der Waals surface area contributed by atoms with Crippen LogP contribution in [0, 0.1) is 0 Å². The van der Waals surface area contributed by atoms with Crippen LogP contribution in [0.5, 0.6) is 5.75 Å². The maximum absolute atomic E-state index is 5.50. The molecule has 1 unspecified atom stereocenters. The first-order valence-corrected chi connectivity index (χ1v) is 8.42. The van der Waals surface area contributed by atoms with Gasteiger partial charge in [-0.25, -0.2) is 0 Å². The fourth-order valence-corrected chi connectivity index (χ4v) is 2.61. The lowest BCUT2D eigenvalue weighted by molar-refractivity contribution is 0.340. The predicted molar refractivity (Wildman–Crippen MR) is 92.6 cm³/mol. The standard InChI is InChI=1S/C20H27NO/c1-4-6-7-8-19-12-9-18(15-21-19)16(3)17-10-13-20(14-11-17)22-5-2/h9-16H,4-8H2,1-3H3. The van der Waals surface area contributed by atoms with E-state index < -0.39 is 0 Å².